The predicted molar refractivity (Wildman–Crippen MR) is 94.3 cm³/mol. The summed E-state index contributed by atoms with van der Waals surface area (Å²) in [6.07, 6.45) is 0. The lowest BCUT2D eigenvalue weighted by Gasteiger charge is -2.10. The second-order valence-corrected chi connectivity index (χ2v) is 5.21. The molecule has 0 bridgehead atoms. The molecule has 0 aliphatic heterocycles. The Balaban J connectivity index is 1.70. The Hall–Kier alpha value is -2.90. The van der Waals surface area contributed by atoms with Gasteiger partial charge in [-0.05, 0) is 26.0 Å². The summed E-state index contributed by atoms with van der Waals surface area (Å²) in [6, 6.07) is 7.77. The molecule has 0 atom stereocenters. The fourth-order valence-electron chi connectivity index (χ4n) is 2.08. The van der Waals surface area contributed by atoms with Crippen molar-refractivity contribution in [3.05, 3.63) is 42.0 Å². The number of halogens is 1. The number of anilines is 2. The van der Waals surface area contributed by atoms with Gasteiger partial charge in [0.2, 0.25) is 0 Å². The number of hydrogen-bond acceptors (Lipinski definition) is 6. The molecule has 0 unspecified atom stereocenters. The summed E-state index contributed by atoms with van der Waals surface area (Å²) >= 11 is 0. The van der Waals surface area contributed by atoms with Crippen molar-refractivity contribution in [1.82, 2.24) is 15.3 Å². The minimum atomic E-state index is -0.493. The molecule has 0 fully saturated rings. The number of carbonyl (C=O) groups is 1. The highest BCUT2D eigenvalue weighted by molar-refractivity contribution is 5.77. The van der Waals surface area contributed by atoms with Gasteiger partial charge in [0, 0.05) is 25.7 Å². The molecule has 1 heterocycles. The highest BCUT2D eigenvalue weighted by Gasteiger charge is 2.06. The monoisotopic (exact) mass is 347 g/mol. The quantitative estimate of drug-likeness (QED) is 0.601. The molecule has 2 aromatic rings. The van der Waals surface area contributed by atoms with Gasteiger partial charge in [0.25, 0.3) is 5.91 Å². The molecule has 1 aromatic heterocycles. The number of amides is 1. The fourth-order valence-corrected chi connectivity index (χ4v) is 2.08. The maximum atomic E-state index is 13.4. The predicted octanol–water partition coefficient (Wildman–Crippen LogP) is 1.96. The van der Waals surface area contributed by atoms with E-state index >= 15 is 0 Å². The van der Waals surface area contributed by atoms with Crippen LogP contribution in [0.15, 0.2) is 30.3 Å². The number of aryl methyl sites for hydroxylation is 1. The molecule has 3 N–H and O–H groups in total. The molecule has 1 amide bonds. The average molecular weight is 347 g/mol. The second-order valence-electron chi connectivity index (χ2n) is 5.21. The number of nitrogens with zero attached hydrogens (tertiary/aromatic N) is 2. The molecule has 0 saturated carbocycles. The topological polar surface area (TPSA) is 88.2 Å². The Labute approximate surface area is 146 Å². The number of carbonyl (C=O) groups excluding carboxylic acids is 1. The van der Waals surface area contributed by atoms with E-state index in [0.29, 0.717) is 24.7 Å². The van der Waals surface area contributed by atoms with Gasteiger partial charge < -0.3 is 20.7 Å². The molecule has 0 radical (unpaired) electrons. The first-order valence-electron chi connectivity index (χ1n) is 8.06. The SMILES string of the molecule is CCNc1cc(NCCNC(=O)COc2ccccc2F)nc(C)n1. The lowest BCUT2D eigenvalue weighted by atomic mass is 10.3. The molecular formula is C17H22FN5O2. The van der Waals surface area contributed by atoms with Crippen LogP contribution in [-0.4, -0.2) is 42.1 Å². The third-order valence-corrected chi connectivity index (χ3v) is 3.14. The summed E-state index contributed by atoms with van der Waals surface area (Å²) in [6.45, 7) is 5.22. The number of benzene rings is 1. The van der Waals surface area contributed by atoms with Crippen LogP contribution in [0.2, 0.25) is 0 Å². The van der Waals surface area contributed by atoms with Crippen LogP contribution < -0.4 is 20.7 Å². The zero-order valence-electron chi connectivity index (χ0n) is 14.3. The summed E-state index contributed by atoms with van der Waals surface area (Å²) in [7, 11) is 0. The normalized spacial score (nSPS) is 10.2. The number of rotatable bonds is 9. The molecule has 0 saturated heterocycles. The summed E-state index contributed by atoms with van der Waals surface area (Å²) < 4.78 is 18.5. The first-order chi connectivity index (χ1) is 12.1. The minimum absolute atomic E-state index is 0.0585. The third kappa shape index (κ3) is 6.25. The van der Waals surface area contributed by atoms with Crippen molar-refractivity contribution < 1.29 is 13.9 Å². The van der Waals surface area contributed by atoms with Crippen molar-refractivity contribution in [2.75, 3.05) is 36.9 Å². The fraction of sp³-hybridized carbons (Fsp3) is 0.353. The standard InChI is InChI=1S/C17H22FN5O2/c1-3-19-15-10-16(23-12(2)22-15)20-8-9-21-17(24)11-25-14-7-5-4-6-13(14)18/h4-7,10H,3,8-9,11H2,1-2H3,(H,21,24)(H2,19,20,22,23). The van der Waals surface area contributed by atoms with Gasteiger partial charge in [-0.2, -0.15) is 0 Å². The second kappa shape index (κ2) is 9.41. The smallest absolute Gasteiger partial charge is 0.258 e. The van der Waals surface area contributed by atoms with Crippen molar-refractivity contribution in [3.63, 3.8) is 0 Å². The molecule has 1 aromatic carbocycles. The summed E-state index contributed by atoms with van der Waals surface area (Å²) in [5.74, 6) is 1.33. The van der Waals surface area contributed by atoms with Gasteiger partial charge in [0.1, 0.15) is 17.5 Å². The highest BCUT2D eigenvalue weighted by Crippen LogP contribution is 2.14. The van der Waals surface area contributed by atoms with Crippen LogP contribution in [0.5, 0.6) is 5.75 Å². The summed E-state index contributed by atoms with van der Waals surface area (Å²) in [5.41, 5.74) is 0. The Bertz CT molecular complexity index is 711. The van der Waals surface area contributed by atoms with Crippen LogP contribution in [0.4, 0.5) is 16.0 Å². The molecule has 134 valence electrons. The maximum absolute atomic E-state index is 13.4. The van der Waals surface area contributed by atoms with E-state index in [9.17, 15) is 9.18 Å². The molecule has 7 nitrogen and oxygen atoms in total. The van der Waals surface area contributed by atoms with E-state index in [-0.39, 0.29) is 18.3 Å². The van der Waals surface area contributed by atoms with Crippen LogP contribution >= 0.6 is 0 Å². The summed E-state index contributed by atoms with van der Waals surface area (Å²) in [4.78, 5) is 20.2. The Morgan fingerprint density at radius 2 is 1.88 bits per heavy atom. The van der Waals surface area contributed by atoms with E-state index in [0.717, 1.165) is 12.4 Å². The van der Waals surface area contributed by atoms with Crippen LogP contribution in [0, 0.1) is 12.7 Å². The Kier molecular flexibility index (Phi) is 6.94. The molecule has 0 aliphatic carbocycles. The number of para-hydroxylation sites is 1. The zero-order valence-corrected chi connectivity index (χ0v) is 14.3. The van der Waals surface area contributed by atoms with Crippen LogP contribution in [0.25, 0.3) is 0 Å². The van der Waals surface area contributed by atoms with E-state index in [4.69, 9.17) is 4.74 Å². The van der Waals surface area contributed by atoms with Crippen LogP contribution in [0.1, 0.15) is 12.7 Å². The van der Waals surface area contributed by atoms with Crippen LogP contribution in [-0.2, 0) is 4.79 Å². The highest BCUT2D eigenvalue weighted by atomic mass is 19.1. The van der Waals surface area contributed by atoms with Crippen molar-refractivity contribution in [2.24, 2.45) is 0 Å². The van der Waals surface area contributed by atoms with E-state index in [1.54, 1.807) is 18.2 Å². The number of hydrogen-bond donors (Lipinski definition) is 3. The first kappa shape index (κ1) is 18.4. The van der Waals surface area contributed by atoms with Gasteiger partial charge in [-0.25, -0.2) is 14.4 Å². The Morgan fingerprint density at radius 1 is 1.16 bits per heavy atom. The minimum Gasteiger partial charge on any atom is -0.481 e. The van der Waals surface area contributed by atoms with Gasteiger partial charge in [0.15, 0.2) is 18.2 Å². The van der Waals surface area contributed by atoms with Gasteiger partial charge in [-0.1, -0.05) is 12.1 Å². The van der Waals surface area contributed by atoms with Crippen molar-refractivity contribution in [2.45, 2.75) is 13.8 Å². The average Bonchev–Trinajstić information content (AvgIpc) is 2.58. The van der Waals surface area contributed by atoms with Crippen LogP contribution in [0.3, 0.4) is 0 Å². The van der Waals surface area contributed by atoms with E-state index in [1.807, 2.05) is 13.8 Å². The lowest BCUT2D eigenvalue weighted by molar-refractivity contribution is -0.123. The molecule has 8 heteroatoms. The van der Waals surface area contributed by atoms with E-state index < -0.39 is 5.82 Å². The van der Waals surface area contributed by atoms with Gasteiger partial charge in [-0.15, -0.1) is 0 Å². The molecule has 25 heavy (non-hydrogen) atoms. The summed E-state index contributed by atoms with van der Waals surface area (Å²) in [5, 5.41) is 8.93. The molecule has 0 spiro atoms. The van der Waals surface area contributed by atoms with Crippen molar-refractivity contribution >= 4 is 17.5 Å². The van der Waals surface area contributed by atoms with Crippen molar-refractivity contribution in [1.29, 1.82) is 0 Å². The maximum Gasteiger partial charge on any atom is 0.258 e. The zero-order chi connectivity index (χ0) is 18.1. The largest absolute Gasteiger partial charge is 0.481 e. The lowest BCUT2D eigenvalue weighted by Crippen LogP contribution is -2.32. The van der Waals surface area contributed by atoms with E-state index in [1.165, 1.54) is 12.1 Å². The van der Waals surface area contributed by atoms with Gasteiger partial charge >= 0.3 is 0 Å². The number of nitrogens with one attached hydrogen (secondary N) is 3. The third-order valence-electron chi connectivity index (χ3n) is 3.14. The van der Waals surface area contributed by atoms with E-state index in [2.05, 4.69) is 25.9 Å². The molecule has 2 rings (SSSR count). The van der Waals surface area contributed by atoms with Crippen molar-refractivity contribution in [3.8, 4) is 5.75 Å². The number of ether oxygens (including phenoxy) is 1. The van der Waals surface area contributed by atoms with Gasteiger partial charge in [0.05, 0.1) is 0 Å². The first-order valence-corrected chi connectivity index (χ1v) is 8.06. The molecule has 0 aliphatic rings. The molecular weight excluding hydrogens is 325 g/mol. The number of aromatic nitrogens is 2. The Morgan fingerprint density at radius 3 is 2.60 bits per heavy atom. The van der Waals surface area contributed by atoms with Gasteiger partial charge in [-0.3, -0.25) is 4.79 Å².